The van der Waals surface area contributed by atoms with Gasteiger partial charge in [-0.25, -0.2) is 0 Å². The van der Waals surface area contributed by atoms with Crippen LogP contribution in [0.1, 0.15) is 31.3 Å². The van der Waals surface area contributed by atoms with E-state index in [0.29, 0.717) is 0 Å². The molecule has 20 heavy (non-hydrogen) atoms. The summed E-state index contributed by atoms with van der Waals surface area (Å²) in [7, 11) is 0. The highest BCUT2D eigenvalue weighted by molar-refractivity contribution is 5.95. The molecule has 0 aliphatic heterocycles. The highest BCUT2D eigenvalue weighted by Gasteiger charge is 2.26. The Kier molecular flexibility index (Phi) is 5.31. The molecule has 1 rings (SSSR count). The van der Waals surface area contributed by atoms with Gasteiger partial charge in [-0.1, -0.05) is 0 Å². The van der Waals surface area contributed by atoms with Crippen LogP contribution < -0.4 is 5.32 Å². The molecule has 1 heterocycles. The van der Waals surface area contributed by atoms with Crippen LogP contribution in [0.2, 0.25) is 0 Å². The predicted molar refractivity (Wildman–Crippen MR) is 70.1 cm³/mol. The third kappa shape index (κ3) is 4.11. The molecule has 1 unspecified atom stereocenters. The van der Waals surface area contributed by atoms with Crippen molar-refractivity contribution in [2.45, 2.75) is 32.9 Å². The highest BCUT2D eigenvalue weighted by Crippen LogP contribution is 2.04. The van der Waals surface area contributed by atoms with E-state index in [1.54, 1.807) is 19.9 Å². The Bertz CT molecular complexity index is 481. The second kappa shape index (κ2) is 6.74. The van der Waals surface area contributed by atoms with Gasteiger partial charge in [-0.05, 0) is 32.9 Å². The van der Waals surface area contributed by atoms with E-state index in [4.69, 9.17) is 9.52 Å². The molecule has 110 valence electrons. The van der Waals surface area contributed by atoms with Gasteiger partial charge >= 0.3 is 5.97 Å². The lowest BCUT2D eigenvalue weighted by molar-refractivity contribution is -0.146. The van der Waals surface area contributed by atoms with E-state index < -0.39 is 30.4 Å². The van der Waals surface area contributed by atoms with Crippen molar-refractivity contribution in [2.75, 3.05) is 6.54 Å². The molecule has 1 atom stereocenters. The average molecular weight is 282 g/mol. The van der Waals surface area contributed by atoms with Gasteiger partial charge in [0.1, 0.15) is 12.6 Å². The van der Waals surface area contributed by atoms with Crippen LogP contribution in [0.15, 0.2) is 22.8 Å². The van der Waals surface area contributed by atoms with E-state index in [0.717, 1.165) is 0 Å². The number of carboxylic acid groups (broad SMARTS) is 1. The molecule has 0 saturated heterocycles. The van der Waals surface area contributed by atoms with Crippen molar-refractivity contribution in [3.8, 4) is 0 Å². The lowest BCUT2D eigenvalue weighted by atomic mass is 10.2. The molecule has 0 aromatic carbocycles. The van der Waals surface area contributed by atoms with E-state index in [2.05, 4.69) is 5.32 Å². The maximum absolute atomic E-state index is 12.1. The average Bonchev–Trinajstić information content (AvgIpc) is 2.88. The Hall–Kier alpha value is -2.31. The Labute approximate surface area is 116 Å². The fourth-order valence-electron chi connectivity index (χ4n) is 1.65. The number of carbonyl (C=O) groups excluding carboxylic acids is 2. The van der Waals surface area contributed by atoms with Crippen molar-refractivity contribution in [3.05, 3.63) is 24.2 Å². The van der Waals surface area contributed by atoms with Crippen LogP contribution in [0.3, 0.4) is 0 Å². The molecule has 0 saturated carbocycles. The number of furan rings is 1. The van der Waals surface area contributed by atoms with Gasteiger partial charge in [0, 0.05) is 6.04 Å². The number of nitrogens with one attached hydrogen (secondary N) is 1. The number of hydrogen-bond donors (Lipinski definition) is 2. The number of amides is 2. The SMILES string of the molecule is CC(NC(=O)c1ccco1)C(=O)N(CC(=O)O)C(C)C. The standard InChI is InChI=1S/C13H18N2O5/c1-8(2)15(7-11(16)17)13(19)9(3)14-12(18)10-5-4-6-20-10/h4-6,8-9H,7H2,1-3H3,(H,14,18)(H,16,17). The maximum atomic E-state index is 12.1. The molecule has 0 aliphatic carbocycles. The first-order chi connectivity index (χ1) is 9.32. The molecule has 2 N–H and O–H groups in total. The third-order valence-electron chi connectivity index (χ3n) is 2.68. The highest BCUT2D eigenvalue weighted by atomic mass is 16.4. The van der Waals surface area contributed by atoms with Crippen LogP contribution in [-0.2, 0) is 9.59 Å². The number of carboxylic acids is 1. The van der Waals surface area contributed by atoms with Crippen molar-refractivity contribution in [3.63, 3.8) is 0 Å². The Balaban J connectivity index is 2.69. The first-order valence-electron chi connectivity index (χ1n) is 6.19. The summed E-state index contributed by atoms with van der Waals surface area (Å²) in [6.45, 7) is 4.52. The number of hydrogen-bond acceptors (Lipinski definition) is 4. The van der Waals surface area contributed by atoms with Gasteiger partial charge in [-0.2, -0.15) is 0 Å². The second-order valence-electron chi connectivity index (χ2n) is 4.63. The predicted octanol–water partition coefficient (Wildman–Crippen LogP) is 0.720. The zero-order chi connectivity index (χ0) is 15.3. The van der Waals surface area contributed by atoms with Crippen molar-refractivity contribution >= 4 is 17.8 Å². The molecule has 0 spiro atoms. The second-order valence-corrected chi connectivity index (χ2v) is 4.63. The number of rotatable bonds is 6. The number of aliphatic carboxylic acids is 1. The van der Waals surface area contributed by atoms with Gasteiger partial charge in [0.05, 0.1) is 6.26 Å². The molecule has 0 fully saturated rings. The summed E-state index contributed by atoms with van der Waals surface area (Å²) in [5, 5.41) is 11.3. The van der Waals surface area contributed by atoms with E-state index in [1.165, 1.54) is 24.2 Å². The van der Waals surface area contributed by atoms with E-state index in [-0.39, 0.29) is 11.8 Å². The molecule has 1 aromatic heterocycles. The maximum Gasteiger partial charge on any atom is 0.323 e. The zero-order valence-corrected chi connectivity index (χ0v) is 11.6. The number of carbonyl (C=O) groups is 3. The smallest absolute Gasteiger partial charge is 0.323 e. The molecule has 0 bridgehead atoms. The first-order valence-corrected chi connectivity index (χ1v) is 6.19. The van der Waals surface area contributed by atoms with Crippen LogP contribution in [0, 0.1) is 0 Å². The summed E-state index contributed by atoms with van der Waals surface area (Å²) in [6, 6.07) is 1.92. The molecular weight excluding hydrogens is 264 g/mol. The summed E-state index contributed by atoms with van der Waals surface area (Å²) < 4.78 is 4.92. The molecule has 7 nitrogen and oxygen atoms in total. The van der Waals surface area contributed by atoms with Gasteiger partial charge < -0.3 is 19.7 Å². The normalized spacial score (nSPS) is 12.0. The summed E-state index contributed by atoms with van der Waals surface area (Å²) in [4.78, 5) is 35.8. The van der Waals surface area contributed by atoms with Gasteiger partial charge in [-0.3, -0.25) is 14.4 Å². The minimum atomic E-state index is -1.10. The molecule has 0 radical (unpaired) electrons. The van der Waals surface area contributed by atoms with E-state index >= 15 is 0 Å². The zero-order valence-electron chi connectivity index (χ0n) is 11.6. The van der Waals surface area contributed by atoms with Crippen molar-refractivity contribution < 1.29 is 23.9 Å². The van der Waals surface area contributed by atoms with Crippen molar-refractivity contribution in [1.29, 1.82) is 0 Å². The lowest BCUT2D eigenvalue weighted by Crippen LogP contribution is -2.50. The Morgan fingerprint density at radius 1 is 1.35 bits per heavy atom. The van der Waals surface area contributed by atoms with Gasteiger partial charge in [-0.15, -0.1) is 0 Å². The minimum Gasteiger partial charge on any atom is -0.480 e. The Morgan fingerprint density at radius 2 is 2.00 bits per heavy atom. The van der Waals surface area contributed by atoms with Crippen molar-refractivity contribution in [1.82, 2.24) is 10.2 Å². The third-order valence-corrected chi connectivity index (χ3v) is 2.68. The first kappa shape index (κ1) is 15.7. The van der Waals surface area contributed by atoms with Gasteiger partial charge in [0.25, 0.3) is 5.91 Å². The van der Waals surface area contributed by atoms with E-state index in [9.17, 15) is 14.4 Å². The fraction of sp³-hybridized carbons (Fsp3) is 0.462. The lowest BCUT2D eigenvalue weighted by Gasteiger charge is -2.28. The van der Waals surface area contributed by atoms with Crippen LogP contribution in [0.25, 0.3) is 0 Å². The van der Waals surface area contributed by atoms with Gasteiger partial charge in [0.2, 0.25) is 5.91 Å². The molecule has 2 amide bonds. The monoisotopic (exact) mass is 282 g/mol. The summed E-state index contributed by atoms with van der Waals surface area (Å²) in [6.07, 6.45) is 1.35. The van der Waals surface area contributed by atoms with Crippen LogP contribution in [0.4, 0.5) is 0 Å². The van der Waals surface area contributed by atoms with Crippen molar-refractivity contribution in [2.24, 2.45) is 0 Å². The molecule has 7 heteroatoms. The largest absolute Gasteiger partial charge is 0.480 e. The molecular formula is C13H18N2O5. The van der Waals surface area contributed by atoms with Crippen LogP contribution in [-0.4, -0.2) is 46.4 Å². The fourth-order valence-corrected chi connectivity index (χ4v) is 1.65. The summed E-state index contributed by atoms with van der Waals surface area (Å²) in [5.74, 6) is -1.98. The molecule has 1 aromatic rings. The Morgan fingerprint density at radius 3 is 2.45 bits per heavy atom. The molecule has 0 aliphatic rings. The van der Waals surface area contributed by atoms with Crippen LogP contribution >= 0.6 is 0 Å². The topological polar surface area (TPSA) is 99.9 Å². The van der Waals surface area contributed by atoms with Gasteiger partial charge in [0.15, 0.2) is 5.76 Å². The summed E-state index contributed by atoms with van der Waals surface area (Å²) in [5.41, 5.74) is 0. The quantitative estimate of drug-likeness (QED) is 0.800. The van der Waals surface area contributed by atoms with E-state index in [1.807, 2.05) is 0 Å². The number of nitrogens with zero attached hydrogens (tertiary/aromatic N) is 1. The van der Waals surface area contributed by atoms with Crippen LogP contribution in [0.5, 0.6) is 0 Å². The minimum absolute atomic E-state index is 0.0963. The summed E-state index contributed by atoms with van der Waals surface area (Å²) >= 11 is 0.